The average Bonchev–Trinajstić information content (AvgIpc) is 2.23. The molecule has 0 saturated carbocycles. The van der Waals surface area contributed by atoms with Gasteiger partial charge in [-0.2, -0.15) is 0 Å². The molecule has 0 spiro atoms. The van der Waals surface area contributed by atoms with Gasteiger partial charge in [-0.15, -0.1) is 12.6 Å². The fraction of sp³-hybridized carbons (Fsp3) is 0.875. The Morgan fingerprint density at radius 1 is 1.07 bits per heavy atom. The minimum atomic E-state index is -1.11. The summed E-state index contributed by atoms with van der Waals surface area (Å²) >= 11 is 3.46. The maximum absolute atomic E-state index is 9.68. The molecule has 0 saturated heterocycles. The number of carbonyl (C=O) groups excluding carboxylic acids is 1. The summed E-state index contributed by atoms with van der Waals surface area (Å²) in [4.78, 5) is 9.68. The maximum Gasteiger partial charge on any atom is 0.185 e. The lowest BCUT2D eigenvalue weighted by Crippen LogP contribution is -2.37. The molecule has 14 heavy (non-hydrogen) atoms. The smallest absolute Gasteiger partial charge is 0.185 e. The fourth-order valence-electron chi connectivity index (χ4n) is 0.300. The summed E-state index contributed by atoms with van der Waals surface area (Å²) in [5, 5.41) is 33.9. The molecule has 0 unspecified atom stereocenters. The van der Waals surface area contributed by atoms with Crippen molar-refractivity contribution in [3.05, 3.63) is 0 Å². The van der Waals surface area contributed by atoms with Crippen LogP contribution in [0.4, 0.5) is 0 Å². The molecule has 0 aliphatic heterocycles. The Balaban J connectivity index is 0. The van der Waals surface area contributed by atoms with E-state index in [0.717, 1.165) is 0 Å². The summed E-state index contributed by atoms with van der Waals surface area (Å²) in [6.45, 7) is 0.148. The summed E-state index contributed by atoms with van der Waals surface area (Å²) in [5.41, 5.74) is -1.11. The summed E-state index contributed by atoms with van der Waals surface area (Å²) in [7, 11) is 0. The normalized spacial score (nSPS) is 10.4. The van der Waals surface area contributed by atoms with Gasteiger partial charge in [0.05, 0.1) is 31.8 Å². The molecule has 0 aliphatic rings. The number of hydrogen-bond donors (Lipinski definition) is 5. The van der Waals surface area contributed by atoms with E-state index in [1.165, 1.54) is 0 Å². The zero-order valence-corrected chi connectivity index (χ0v) is 9.07. The number of carbonyl (C=O) groups is 1. The van der Waals surface area contributed by atoms with E-state index in [1.807, 2.05) is 0 Å². The standard InChI is InChI=1S/C5H12O4.C3H6OS/c6-1-5(2-7,3-8)4-9;1-2-3(4)5/h6-9H,1-4H2;2H2,1H3,(H,4,5). The topological polar surface area (TPSA) is 98.0 Å². The molecule has 0 aromatic heterocycles. The predicted octanol–water partition coefficient (Wildman–Crippen LogP) is -1.21. The fourth-order valence-corrected chi connectivity index (χ4v) is 0.300. The van der Waals surface area contributed by atoms with Crippen LogP contribution in [0.5, 0.6) is 0 Å². The van der Waals surface area contributed by atoms with Crippen molar-refractivity contribution in [1.29, 1.82) is 0 Å². The second kappa shape index (κ2) is 9.42. The van der Waals surface area contributed by atoms with Crippen LogP contribution in [0.15, 0.2) is 0 Å². The maximum atomic E-state index is 9.68. The van der Waals surface area contributed by atoms with Crippen LogP contribution in [0.3, 0.4) is 0 Å². The van der Waals surface area contributed by atoms with Crippen molar-refractivity contribution in [3.8, 4) is 0 Å². The molecule has 0 aliphatic carbocycles. The summed E-state index contributed by atoms with van der Waals surface area (Å²) in [6.07, 6.45) is 0.531. The van der Waals surface area contributed by atoms with E-state index >= 15 is 0 Å². The lowest BCUT2D eigenvalue weighted by molar-refractivity contribution is -0.110. The third-order valence-corrected chi connectivity index (χ3v) is 1.96. The molecule has 0 atom stereocenters. The molecule has 0 radical (unpaired) electrons. The molecule has 5 nitrogen and oxygen atoms in total. The van der Waals surface area contributed by atoms with Crippen LogP contribution in [0.25, 0.3) is 0 Å². The van der Waals surface area contributed by atoms with Gasteiger partial charge < -0.3 is 20.4 Å². The van der Waals surface area contributed by atoms with E-state index in [1.54, 1.807) is 6.92 Å². The molecule has 86 valence electrons. The SMILES string of the molecule is CCC(=O)S.OCC(CO)(CO)CO. The molecule has 0 amide bonds. The van der Waals surface area contributed by atoms with Crippen molar-refractivity contribution < 1.29 is 25.2 Å². The van der Waals surface area contributed by atoms with Gasteiger partial charge >= 0.3 is 0 Å². The van der Waals surface area contributed by atoms with E-state index in [-0.39, 0.29) is 5.12 Å². The highest BCUT2D eigenvalue weighted by Crippen LogP contribution is 2.11. The Bertz CT molecular complexity index is 129. The van der Waals surface area contributed by atoms with E-state index in [0.29, 0.717) is 6.42 Å². The van der Waals surface area contributed by atoms with Crippen molar-refractivity contribution in [1.82, 2.24) is 0 Å². The van der Waals surface area contributed by atoms with Crippen LogP contribution in [-0.4, -0.2) is 52.0 Å². The predicted molar refractivity (Wildman–Crippen MR) is 55.1 cm³/mol. The molecular weight excluding hydrogens is 208 g/mol. The Labute approximate surface area is 88.8 Å². The van der Waals surface area contributed by atoms with Gasteiger partial charge in [0.2, 0.25) is 0 Å². The molecule has 0 heterocycles. The molecule has 0 bridgehead atoms. The third-order valence-electron chi connectivity index (χ3n) is 1.64. The first-order valence-corrected chi connectivity index (χ1v) is 4.61. The van der Waals surface area contributed by atoms with Crippen LogP contribution in [0.2, 0.25) is 0 Å². The first-order valence-electron chi connectivity index (χ1n) is 4.17. The van der Waals surface area contributed by atoms with E-state index in [9.17, 15) is 4.79 Å². The first kappa shape index (κ1) is 16.3. The zero-order chi connectivity index (χ0) is 11.6. The van der Waals surface area contributed by atoms with Crippen molar-refractivity contribution in [2.45, 2.75) is 13.3 Å². The quantitative estimate of drug-likeness (QED) is 0.379. The Morgan fingerprint density at radius 2 is 1.29 bits per heavy atom. The summed E-state index contributed by atoms with van der Waals surface area (Å²) < 4.78 is 0. The number of hydrogen-bond acceptors (Lipinski definition) is 5. The monoisotopic (exact) mass is 226 g/mol. The zero-order valence-electron chi connectivity index (χ0n) is 8.18. The largest absolute Gasteiger partial charge is 0.396 e. The van der Waals surface area contributed by atoms with Crippen LogP contribution < -0.4 is 0 Å². The van der Waals surface area contributed by atoms with Gasteiger partial charge in [-0.1, -0.05) is 6.92 Å². The van der Waals surface area contributed by atoms with Gasteiger partial charge in [0, 0.05) is 6.42 Å². The molecule has 0 aromatic carbocycles. The van der Waals surface area contributed by atoms with Gasteiger partial charge in [-0.05, 0) is 0 Å². The average molecular weight is 226 g/mol. The minimum Gasteiger partial charge on any atom is -0.396 e. The molecule has 0 rings (SSSR count). The second-order valence-corrected chi connectivity index (χ2v) is 3.38. The van der Waals surface area contributed by atoms with Crippen LogP contribution in [0.1, 0.15) is 13.3 Å². The minimum absolute atomic E-state index is 0.0509. The summed E-state index contributed by atoms with van der Waals surface area (Å²) in [6, 6.07) is 0. The van der Waals surface area contributed by atoms with Crippen LogP contribution >= 0.6 is 12.6 Å². The Kier molecular flexibility index (Phi) is 11.0. The van der Waals surface area contributed by atoms with Crippen molar-refractivity contribution >= 4 is 17.7 Å². The molecule has 0 aromatic rings. The van der Waals surface area contributed by atoms with Crippen molar-refractivity contribution in [2.24, 2.45) is 5.41 Å². The Morgan fingerprint density at radius 3 is 1.29 bits per heavy atom. The van der Waals surface area contributed by atoms with E-state index in [2.05, 4.69) is 12.6 Å². The van der Waals surface area contributed by atoms with Gasteiger partial charge in [0.25, 0.3) is 0 Å². The highest BCUT2D eigenvalue weighted by Gasteiger charge is 2.26. The number of rotatable bonds is 5. The highest BCUT2D eigenvalue weighted by molar-refractivity contribution is 7.96. The van der Waals surface area contributed by atoms with E-state index in [4.69, 9.17) is 20.4 Å². The van der Waals surface area contributed by atoms with Crippen LogP contribution in [0, 0.1) is 5.41 Å². The van der Waals surface area contributed by atoms with Gasteiger partial charge in [0.1, 0.15) is 0 Å². The third kappa shape index (κ3) is 7.28. The Hall–Kier alpha value is -0.140. The van der Waals surface area contributed by atoms with Gasteiger partial charge in [-0.3, -0.25) is 4.79 Å². The summed E-state index contributed by atoms with van der Waals surface area (Å²) in [5.74, 6) is 0. The second-order valence-electron chi connectivity index (χ2n) is 2.88. The number of thiol groups is 1. The number of aliphatic hydroxyl groups excluding tert-OH is 4. The molecule has 6 heteroatoms. The van der Waals surface area contributed by atoms with Crippen molar-refractivity contribution in [2.75, 3.05) is 26.4 Å². The molecular formula is C8H18O5S. The van der Waals surface area contributed by atoms with E-state index < -0.39 is 31.8 Å². The van der Waals surface area contributed by atoms with Crippen LogP contribution in [-0.2, 0) is 4.79 Å². The molecule has 4 N–H and O–H groups in total. The lowest BCUT2D eigenvalue weighted by Gasteiger charge is -2.23. The first-order chi connectivity index (χ1) is 6.51. The number of aliphatic hydroxyl groups is 4. The van der Waals surface area contributed by atoms with Gasteiger partial charge in [-0.25, -0.2) is 0 Å². The molecule has 0 fully saturated rings. The highest BCUT2D eigenvalue weighted by atomic mass is 32.1. The van der Waals surface area contributed by atoms with Crippen molar-refractivity contribution in [3.63, 3.8) is 0 Å². The van der Waals surface area contributed by atoms with Gasteiger partial charge in [0.15, 0.2) is 5.12 Å². The lowest BCUT2D eigenvalue weighted by atomic mass is 9.93.